The zero-order valence-corrected chi connectivity index (χ0v) is 26.3. The normalized spacial score (nSPS) is 20.3. The van der Waals surface area contributed by atoms with E-state index < -0.39 is 34.9 Å². The van der Waals surface area contributed by atoms with Crippen molar-refractivity contribution >= 4 is 5.57 Å². The lowest BCUT2D eigenvalue weighted by Gasteiger charge is -2.31. The van der Waals surface area contributed by atoms with Crippen molar-refractivity contribution in [1.29, 1.82) is 0 Å². The molecule has 0 bridgehead atoms. The highest BCUT2D eigenvalue weighted by atomic mass is 19.2. The summed E-state index contributed by atoms with van der Waals surface area (Å²) >= 11 is 0. The molecule has 0 radical (unpaired) electrons. The molecule has 246 valence electrons. The molecule has 5 rings (SSSR count). The molecule has 0 heterocycles. The van der Waals surface area contributed by atoms with Gasteiger partial charge in [-0.25, -0.2) is 22.0 Å². The van der Waals surface area contributed by atoms with E-state index in [1.807, 2.05) is 25.2 Å². The van der Waals surface area contributed by atoms with Gasteiger partial charge in [0.15, 0.2) is 34.8 Å². The predicted octanol–water partition coefficient (Wildman–Crippen LogP) is 11.0. The first kappa shape index (κ1) is 33.8. The Balaban J connectivity index is 1.13. The number of benzene rings is 3. The summed E-state index contributed by atoms with van der Waals surface area (Å²) in [4.78, 5) is 0. The van der Waals surface area contributed by atoms with Crippen molar-refractivity contribution in [1.82, 2.24) is 0 Å². The molecule has 0 spiro atoms. The van der Waals surface area contributed by atoms with Gasteiger partial charge in [0.2, 0.25) is 5.82 Å². The topological polar surface area (TPSA) is 18.5 Å². The zero-order chi connectivity index (χ0) is 32.8. The third kappa shape index (κ3) is 7.38. The third-order valence-corrected chi connectivity index (χ3v) is 9.29. The van der Waals surface area contributed by atoms with Crippen molar-refractivity contribution in [2.45, 2.75) is 83.7 Å². The van der Waals surface area contributed by atoms with E-state index >= 15 is 8.78 Å². The molecule has 0 N–H and O–H groups in total. The lowest BCUT2D eigenvalue weighted by molar-refractivity contribution is 0.0157. The third-order valence-electron chi connectivity index (χ3n) is 9.29. The van der Waals surface area contributed by atoms with Crippen LogP contribution < -0.4 is 4.74 Å². The Bertz CT molecular complexity index is 1590. The Morgan fingerprint density at radius 1 is 0.739 bits per heavy atom. The number of aryl methyl sites for hydroxylation is 1. The Labute approximate surface area is 267 Å². The summed E-state index contributed by atoms with van der Waals surface area (Å²) in [6.07, 6.45) is 11.7. The Morgan fingerprint density at radius 2 is 1.41 bits per heavy atom. The molecular formula is C38H40F6O2. The maximum atomic E-state index is 15.2. The van der Waals surface area contributed by atoms with E-state index in [9.17, 15) is 17.6 Å². The number of allylic oxidation sites excluding steroid dienone is 3. The van der Waals surface area contributed by atoms with E-state index in [0.29, 0.717) is 62.7 Å². The standard InChI is InChI=1S/C38H40F6O2/c1-3-5-6-7-26-14-17-28(34(40)33(26)39)25-12-15-27(16-13-25)46-22-23-8-10-24(11-9-23)29-18-19-30(36(42)35(29)41)31-20-21-32(45-4-2)38(44)37(31)43/h3,5,12,14,17-21,23-24,27H,4,6-11,13,15-16,22H2,1-2H3. The summed E-state index contributed by atoms with van der Waals surface area (Å²) in [5, 5.41) is 0. The SMILES string of the molecule is CC=CCCc1ccc(C2=CCC(OCC3CCC(c4ccc(-c5ccc(OCC)c(F)c5F)c(F)c4F)CC3)CC2)c(F)c1F. The van der Waals surface area contributed by atoms with Crippen LogP contribution in [0.5, 0.6) is 5.75 Å². The summed E-state index contributed by atoms with van der Waals surface area (Å²) < 4.78 is 100. The number of hydrogen-bond acceptors (Lipinski definition) is 2. The van der Waals surface area contributed by atoms with Gasteiger partial charge in [-0.2, -0.15) is 4.39 Å². The minimum atomic E-state index is -1.28. The average Bonchev–Trinajstić information content (AvgIpc) is 3.07. The molecule has 1 saturated carbocycles. The van der Waals surface area contributed by atoms with Crippen LogP contribution in [0.4, 0.5) is 26.3 Å². The molecule has 2 aliphatic carbocycles. The van der Waals surface area contributed by atoms with E-state index in [-0.39, 0.29) is 47.0 Å². The second-order valence-electron chi connectivity index (χ2n) is 12.2. The van der Waals surface area contributed by atoms with Gasteiger partial charge < -0.3 is 9.47 Å². The molecule has 2 aliphatic rings. The molecule has 2 nitrogen and oxygen atoms in total. The minimum Gasteiger partial charge on any atom is -0.491 e. The second kappa shape index (κ2) is 15.4. The molecule has 1 unspecified atom stereocenters. The van der Waals surface area contributed by atoms with Crippen LogP contribution in [0.2, 0.25) is 0 Å². The maximum absolute atomic E-state index is 15.2. The van der Waals surface area contributed by atoms with Crippen molar-refractivity contribution in [2.75, 3.05) is 13.2 Å². The quantitative estimate of drug-likeness (QED) is 0.153. The number of ether oxygens (including phenoxy) is 2. The zero-order valence-electron chi connectivity index (χ0n) is 26.3. The summed E-state index contributed by atoms with van der Waals surface area (Å²) in [6.45, 7) is 4.21. The fourth-order valence-corrected chi connectivity index (χ4v) is 6.65. The molecule has 3 aromatic carbocycles. The highest BCUT2D eigenvalue weighted by Crippen LogP contribution is 2.40. The summed E-state index contributed by atoms with van der Waals surface area (Å²) in [7, 11) is 0. The monoisotopic (exact) mass is 642 g/mol. The lowest BCUT2D eigenvalue weighted by Crippen LogP contribution is -2.23. The first-order chi connectivity index (χ1) is 22.2. The van der Waals surface area contributed by atoms with E-state index in [2.05, 4.69) is 0 Å². The molecule has 0 amide bonds. The van der Waals surface area contributed by atoms with Gasteiger partial charge in [-0.1, -0.05) is 42.5 Å². The number of hydrogen-bond donors (Lipinski definition) is 0. The molecule has 0 aliphatic heterocycles. The molecule has 46 heavy (non-hydrogen) atoms. The van der Waals surface area contributed by atoms with Crippen LogP contribution in [-0.2, 0) is 11.2 Å². The van der Waals surface area contributed by atoms with Crippen molar-refractivity contribution in [2.24, 2.45) is 5.92 Å². The maximum Gasteiger partial charge on any atom is 0.201 e. The van der Waals surface area contributed by atoms with E-state index in [4.69, 9.17) is 9.47 Å². The van der Waals surface area contributed by atoms with E-state index in [1.54, 1.807) is 19.1 Å². The minimum absolute atomic E-state index is 0.0126. The summed E-state index contributed by atoms with van der Waals surface area (Å²) in [5.41, 5.74) is 1.04. The first-order valence-electron chi connectivity index (χ1n) is 16.2. The molecule has 1 atom stereocenters. The Kier molecular flexibility index (Phi) is 11.3. The Morgan fingerprint density at radius 3 is 2.09 bits per heavy atom. The van der Waals surface area contributed by atoms with Crippen molar-refractivity contribution < 1.29 is 35.8 Å². The van der Waals surface area contributed by atoms with Crippen LogP contribution in [0, 0.1) is 40.8 Å². The number of rotatable bonds is 11. The van der Waals surface area contributed by atoms with Crippen LogP contribution in [0.25, 0.3) is 16.7 Å². The van der Waals surface area contributed by atoms with E-state index in [1.165, 1.54) is 24.3 Å². The van der Waals surface area contributed by atoms with Gasteiger partial charge >= 0.3 is 0 Å². The van der Waals surface area contributed by atoms with Gasteiger partial charge in [0.05, 0.1) is 12.7 Å². The first-order valence-corrected chi connectivity index (χ1v) is 16.2. The van der Waals surface area contributed by atoms with Crippen LogP contribution in [0.15, 0.2) is 54.6 Å². The molecule has 0 saturated heterocycles. The van der Waals surface area contributed by atoms with Crippen LogP contribution in [0.1, 0.15) is 87.8 Å². The molecule has 8 heteroatoms. The molecule has 3 aromatic rings. The highest BCUT2D eigenvalue weighted by molar-refractivity contribution is 5.68. The smallest absolute Gasteiger partial charge is 0.201 e. The Hall–Kier alpha value is -3.52. The van der Waals surface area contributed by atoms with Gasteiger partial charge in [0, 0.05) is 23.3 Å². The molecule has 0 aromatic heterocycles. The largest absolute Gasteiger partial charge is 0.491 e. The highest BCUT2D eigenvalue weighted by Gasteiger charge is 2.29. The van der Waals surface area contributed by atoms with Gasteiger partial charge in [-0.05, 0) is 112 Å². The van der Waals surface area contributed by atoms with Crippen LogP contribution in [0.3, 0.4) is 0 Å². The van der Waals surface area contributed by atoms with Crippen molar-refractivity contribution in [3.8, 4) is 16.9 Å². The van der Waals surface area contributed by atoms with Gasteiger partial charge in [-0.3, -0.25) is 0 Å². The second-order valence-corrected chi connectivity index (χ2v) is 12.2. The average molecular weight is 643 g/mol. The van der Waals surface area contributed by atoms with Gasteiger partial charge in [0.25, 0.3) is 0 Å². The van der Waals surface area contributed by atoms with Crippen LogP contribution in [-0.4, -0.2) is 19.3 Å². The molecular weight excluding hydrogens is 602 g/mol. The van der Waals surface area contributed by atoms with Gasteiger partial charge in [0.1, 0.15) is 0 Å². The number of halogens is 6. The van der Waals surface area contributed by atoms with E-state index in [0.717, 1.165) is 18.4 Å². The van der Waals surface area contributed by atoms with Gasteiger partial charge in [-0.15, -0.1) is 0 Å². The van der Waals surface area contributed by atoms with Crippen molar-refractivity contribution in [3.63, 3.8) is 0 Å². The predicted molar refractivity (Wildman–Crippen MR) is 169 cm³/mol. The van der Waals surface area contributed by atoms with Crippen LogP contribution >= 0.6 is 0 Å². The fourth-order valence-electron chi connectivity index (χ4n) is 6.65. The summed E-state index contributed by atoms with van der Waals surface area (Å²) in [5.74, 6) is -6.50. The summed E-state index contributed by atoms with van der Waals surface area (Å²) in [6, 6.07) is 8.54. The fraction of sp³-hybridized carbons (Fsp3) is 0.421. The van der Waals surface area contributed by atoms with Crippen molar-refractivity contribution in [3.05, 3.63) is 106 Å². The lowest BCUT2D eigenvalue weighted by atomic mass is 9.78. The molecule has 1 fully saturated rings.